The number of oxazole rings is 1. The molecule has 0 fully saturated rings. The summed E-state index contributed by atoms with van der Waals surface area (Å²) in [6.45, 7) is 7.25. The van der Waals surface area contributed by atoms with Crippen molar-refractivity contribution in [2.24, 2.45) is 5.92 Å². The number of benzene rings is 3. The molecule has 0 saturated heterocycles. The van der Waals surface area contributed by atoms with Gasteiger partial charge in [0.25, 0.3) is 11.9 Å². The standard InChI is InChI=1S/C31H38N4O6S/c1-20(2)17-35(42(38,39)24-13-14-25-28(16-24)41-31(32)34-25)18-27(36)26(15-23-11-6-5-7-12-23)33-29(37)19-40-30-21(3)9-8-10-22(30)4/h5-14,16,20,26-27,36H,15,17-19H2,1-4H3,(H2,32,34)(H,33,37)/t26-,27+/m1/s1. The highest BCUT2D eigenvalue weighted by molar-refractivity contribution is 7.89. The van der Waals surface area contributed by atoms with E-state index in [-0.39, 0.29) is 48.5 Å². The quantitative estimate of drug-likeness (QED) is 0.212. The lowest BCUT2D eigenvalue weighted by atomic mass is 10.0. The van der Waals surface area contributed by atoms with Crippen LogP contribution in [-0.4, -0.2) is 60.6 Å². The Hall–Kier alpha value is -3.93. The maximum absolute atomic E-state index is 13.8. The molecule has 3 aromatic carbocycles. The highest BCUT2D eigenvalue weighted by Gasteiger charge is 2.32. The van der Waals surface area contributed by atoms with E-state index in [9.17, 15) is 18.3 Å². The number of hydrogen-bond donors (Lipinski definition) is 3. The van der Waals surface area contributed by atoms with E-state index < -0.39 is 28.1 Å². The average Bonchev–Trinajstić information content (AvgIpc) is 3.31. The van der Waals surface area contributed by atoms with Gasteiger partial charge in [-0.15, -0.1) is 0 Å². The zero-order chi connectivity index (χ0) is 30.4. The van der Waals surface area contributed by atoms with E-state index in [0.29, 0.717) is 11.3 Å². The second-order valence-electron chi connectivity index (χ2n) is 10.8. The summed E-state index contributed by atoms with van der Waals surface area (Å²) >= 11 is 0. The molecular formula is C31H38N4O6S. The Bertz CT molecular complexity index is 1600. The highest BCUT2D eigenvalue weighted by atomic mass is 32.2. The van der Waals surface area contributed by atoms with Crippen LogP contribution in [0.1, 0.15) is 30.5 Å². The van der Waals surface area contributed by atoms with Crippen molar-refractivity contribution < 1.29 is 27.5 Å². The molecule has 1 aromatic heterocycles. The summed E-state index contributed by atoms with van der Waals surface area (Å²) in [7, 11) is -4.06. The normalized spacial score (nSPS) is 13.4. The number of hydrogen-bond acceptors (Lipinski definition) is 8. The highest BCUT2D eigenvalue weighted by Crippen LogP contribution is 2.25. The molecular weight excluding hydrogens is 556 g/mol. The number of rotatable bonds is 13. The van der Waals surface area contributed by atoms with Gasteiger partial charge in [-0.1, -0.05) is 62.4 Å². The second kappa shape index (κ2) is 13.4. The maximum Gasteiger partial charge on any atom is 0.292 e. The lowest BCUT2D eigenvalue weighted by molar-refractivity contribution is -0.124. The van der Waals surface area contributed by atoms with E-state index in [1.807, 2.05) is 76.2 Å². The van der Waals surface area contributed by atoms with Gasteiger partial charge >= 0.3 is 0 Å². The number of aliphatic hydroxyl groups excluding tert-OH is 1. The number of carbonyl (C=O) groups excluding carboxylic acids is 1. The number of nitrogens with two attached hydrogens (primary N) is 1. The number of nitrogen functional groups attached to an aromatic ring is 1. The first-order valence-corrected chi connectivity index (χ1v) is 15.2. The van der Waals surface area contributed by atoms with E-state index in [2.05, 4.69) is 10.3 Å². The van der Waals surface area contributed by atoms with Gasteiger partial charge in [0.15, 0.2) is 12.2 Å². The summed E-state index contributed by atoms with van der Waals surface area (Å²) in [5.74, 6) is 0.168. The molecule has 42 heavy (non-hydrogen) atoms. The van der Waals surface area contributed by atoms with Gasteiger partial charge in [0.1, 0.15) is 11.3 Å². The van der Waals surface area contributed by atoms with Gasteiger partial charge in [-0.25, -0.2) is 8.42 Å². The fourth-order valence-corrected chi connectivity index (χ4v) is 6.45. The van der Waals surface area contributed by atoms with Gasteiger partial charge < -0.3 is 25.3 Å². The minimum Gasteiger partial charge on any atom is -0.483 e. The Labute approximate surface area is 246 Å². The molecule has 0 saturated carbocycles. The minimum atomic E-state index is -4.06. The Kier molecular flexibility index (Phi) is 9.87. The molecule has 0 spiro atoms. The molecule has 0 bridgehead atoms. The molecule has 0 aliphatic rings. The second-order valence-corrected chi connectivity index (χ2v) is 12.8. The van der Waals surface area contributed by atoms with Crippen molar-refractivity contribution in [3.05, 3.63) is 83.4 Å². The predicted molar refractivity (Wildman–Crippen MR) is 162 cm³/mol. The zero-order valence-electron chi connectivity index (χ0n) is 24.3. The average molecular weight is 595 g/mol. The fraction of sp³-hybridized carbons (Fsp3) is 0.355. The number of sulfonamides is 1. The summed E-state index contributed by atoms with van der Waals surface area (Å²) < 4.78 is 40.0. The van der Waals surface area contributed by atoms with Crippen molar-refractivity contribution in [3.63, 3.8) is 0 Å². The number of nitrogens with zero attached hydrogens (tertiary/aromatic N) is 2. The summed E-state index contributed by atoms with van der Waals surface area (Å²) in [5.41, 5.74) is 9.01. The monoisotopic (exact) mass is 594 g/mol. The first-order chi connectivity index (χ1) is 19.9. The van der Waals surface area contributed by atoms with Gasteiger partial charge in [0.05, 0.1) is 17.0 Å². The molecule has 4 N–H and O–H groups in total. The number of aromatic nitrogens is 1. The van der Waals surface area contributed by atoms with Crippen molar-refractivity contribution in [1.82, 2.24) is 14.6 Å². The van der Waals surface area contributed by atoms with Crippen LogP contribution >= 0.6 is 0 Å². The number of para-hydroxylation sites is 1. The van der Waals surface area contributed by atoms with Crippen molar-refractivity contribution >= 4 is 33.0 Å². The maximum atomic E-state index is 13.8. The van der Waals surface area contributed by atoms with Crippen LogP contribution in [0.3, 0.4) is 0 Å². The molecule has 4 aromatic rings. The molecule has 0 unspecified atom stereocenters. The smallest absolute Gasteiger partial charge is 0.292 e. The minimum absolute atomic E-state index is 0.00959. The predicted octanol–water partition coefficient (Wildman–Crippen LogP) is 3.84. The van der Waals surface area contributed by atoms with Crippen LogP contribution in [0.2, 0.25) is 0 Å². The van der Waals surface area contributed by atoms with Crippen LogP contribution in [0.5, 0.6) is 5.75 Å². The first kappa shape index (κ1) is 31.0. The van der Waals surface area contributed by atoms with E-state index in [1.165, 1.54) is 22.5 Å². The fourth-order valence-electron chi connectivity index (χ4n) is 4.81. The SMILES string of the molecule is Cc1cccc(C)c1OCC(=O)N[C@H](Cc1ccccc1)[C@@H](O)CN(CC(C)C)S(=O)(=O)c1ccc2nc(N)oc2c1. The number of fused-ring (bicyclic) bond motifs is 1. The zero-order valence-corrected chi connectivity index (χ0v) is 25.1. The number of anilines is 1. The lowest BCUT2D eigenvalue weighted by Gasteiger charge is -2.30. The molecule has 0 aliphatic heterocycles. The summed E-state index contributed by atoms with van der Waals surface area (Å²) in [6, 6.07) is 18.6. The molecule has 1 heterocycles. The third-order valence-electron chi connectivity index (χ3n) is 6.84. The Morgan fingerprint density at radius 3 is 2.40 bits per heavy atom. The van der Waals surface area contributed by atoms with Crippen molar-refractivity contribution in [1.29, 1.82) is 0 Å². The van der Waals surface area contributed by atoms with Gasteiger partial charge in [-0.2, -0.15) is 9.29 Å². The summed E-state index contributed by atoms with van der Waals surface area (Å²) in [6.07, 6.45) is -0.941. The molecule has 4 rings (SSSR count). The van der Waals surface area contributed by atoms with Gasteiger partial charge in [0.2, 0.25) is 10.0 Å². The van der Waals surface area contributed by atoms with Crippen molar-refractivity contribution in [3.8, 4) is 5.75 Å². The Balaban J connectivity index is 1.56. The first-order valence-electron chi connectivity index (χ1n) is 13.8. The van der Waals surface area contributed by atoms with Gasteiger partial charge in [0, 0.05) is 19.2 Å². The number of amides is 1. The van der Waals surface area contributed by atoms with Gasteiger partial charge in [-0.3, -0.25) is 4.79 Å². The molecule has 2 atom stereocenters. The molecule has 11 heteroatoms. The van der Waals surface area contributed by atoms with Crippen LogP contribution < -0.4 is 15.8 Å². The largest absolute Gasteiger partial charge is 0.483 e. The van der Waals surface area contributed by atoms with Crippen molar-refractivity contribution in [2.45, 2.75) is 51.2 Å². The molecule has 0 radical (unpaired) electrons. The van der Waals surface area contributed by atoms with Crippen LogP contribution in [0, 0.1) is 19.8 Å². The van der Waals surface area contributed by atoms with E-state index in [0.717, 1.165) is 16.7 Å². The van der Waals surface area contributed by atoms with Crippen LogP contribution in [0.25, 0.3) is 11.1 Å². The molecule has 224 valence electrons. The van der Waals surface area contributed by atoms with E-state index in [1.54, 1.807) is 0 Å². The van der Waals surface area contributed by atoms with Gasteiger partial charge in [-0.05, 0) is 55.0 Å². The number of nitrogens with one attached hydrogen (secondary N) is 1. The number of aryl methyl sites for hydroxylation is 2. The van der Waals surface area contributed by atoms with E-state index in [4.69, 9.17) is 14.9 Å². The Morgan fingerprint density at radius 1 is 1.05 bits per heavy atom. The molecule has 0 aliphatic carbocycles. The third kappa shape index (κ3) is 7.67. The lowest BCUT2D eigenvalue weighted by Crippen LogP contribution is -2.52. The number of carbonyl (C=O) groups is 1. The Morgan fingerprint density at radius 2 is 1.74 bits per heavy atom. The van der Waals surface area contributed by atoms with E-state index >= 15 is 0 Å². The van der Waals surface area contributed by atoms with Crippen LogP contribution in [-0.2, 0) is 21.2 Å². The van der Waals surface area contributed by atoms with Crippen molar-refractivity contribution in [2.75, 3.05) is 25.4 Å². The third-order valence-corrected chi connectivity index (χ3v) is 8.67. The van der Waals surface area contributed by atoms with Crippen LogP contribution in [0.15, 0.2) is 76.0 Å². The van der Waals surface area contributed by atoms with Crippen LogP contribution in [0.4, 0.5) is 6.01 Å². The molecule has 1 amide bonds. The number of aliphatic hydroxyl groups is 1. The molecule has 10 nitrogen and oxygen atoms in total. The summed E-state index contributed by atoms with van der Waals surface area (Å²) in [4.78, 5) is 17.1. The topological polar surface area (TPSA) is 148 Å². The number of ether oxygens (including phenoxy) is 1. The summed E-state index contributed by atoms with van der Waals surface area (Å²) in [5, 5.41) is 14.3.